The van der Waals surface area contributed by atoms with Crippen molar-refractivity contribution in [3.8, 4) is 0 Å². The summed E-state index contributed by atoms with van der Waals surface area (Å²) in [5.41, 5.74) is 7.30. The first-order chi connectivity index (χ1) is 11.2. The van der Waals surface area contributed by atoms with E-state index in [2.05, 4.69) is 40.5 Å². The zero-order valence-corrected chi connectivity index (χ0v) is 16.4. The van der Waals surface area contributed by atoms with Crippen LogP contribution in [0.4, 0.5) is 0 Å². The monoisotopic (exact) mass is 387 g/mol. The lowest BCUT2D eigenvalue weighted by Crippen LogP contribution is -2.35. The van der Waals surface area contributed by atoms with Gasteiger partial charge in [0.1, 0.15) is 0 Å². The van der Waals surface area contributed by atoms with E-state index in [1.165, 1.54) is 12.0 Å². The Labute approximate surface area is 163 Å². The van der Waals surface area contributed by atoms with Crippen LogP contribution in [-0.2, 0) is 11.2 Å². The maximum Gasteiger partial charge on any atom is 0.223 e. The van der Waals surface area contributed by atoms with E-state index in [0.29, 0.717) is 5.92 Å². The van der Waals surface area contributed by atoms with E-state index in [1.54, 1.807) is 0 Å². The quantitative estimate of drug-likeness (QED) is 0.788. The molecule has 6 heteroatoms. The molecule has 3 atom stereocenters. The summed E-state index contributed by atoms with van der Waals surface area (Å²) in [6.07, 6.45) is 5.12. The van der Waals surface area contributed by atoms with Crippen molar-refractivity contribution in [2.75, 3.05) is 26.2 Å². The number of nitrogens with one attached hydrogen (secondary N) is 1. The van der Waals surface area contributed by atoms with Crippen molar-refractivity contribution < 1.29 is 4.79 Å². The van der Waals surface area contributed by atoms with Crippen molar-refractivity contribution in [3.05, 3.63) is 35.9 Å². The molecule has 3 rings (SSSR count). The summed E-state index contributed by atoms with van der Waals surface area (Å²) in [6, 6.07) is 10.9. The molecule has 0 aromatic heterocycles. The van der Waals surface area contributed by atoms with Crippen LogP contribution in [-0.4, -0.2) is 43.0 Å². The minimum Gasteiger partial charge on any atom is -0.356 e. The van der Waals surface area contributed by atoms with E-state index in [0.717, 1.165) is 51.9 Å². The number of halogens is 2. The molecule has 0 bridgehead atoms. The first-order valence-electron chi connectivity index (χ1n) is 9.00. The molecule has 2 fully saturated rings. The lowest BCUT2D eigenvalue weighted by molar-refractivity contribution is -0.125. The molecule has 25 heavy (non-hydrogen) atoms. The molecule has 2 aliphatic rings. The van der Waals surface area contributed by atoms with E-state index >= 15 is 0 Å². The normalized spacial score (nSPS) is 25.9. The Morgan fingerprint density at radius 1 is 1.16 bits per heavy atom. The smallest absolute Gasteiger partial charge is 0.223 e. The van der Waals surface area contributed by atoms with Gasteiger partial charge in [0, 0.05) is 31.6 Å². The molecular formula is C19H31Cl2N3O. The molecule has 1 amide bonds. The summed E-state index contributed by atoms with van der Waals surface area (Å²) in [4.78, 5) is 14.7. The van der Waals surface area contributed by atoms with Crippen LogP contribution in [0.5, 0.6) is 0 Å². The first-order valence-corrected chi connectivity index (χ1v) is 9.00. The second kappa shape index (κ2) is 11.0. The third-order valence-corrected chi connectivity index (χ3v) is 5.34. The number of nitrogens with two attached hydrogens (primary N) is 1. The van der Waals surface area contributed by atoms with Gasteiger partial charge in [-0.15, -0.1) is 24.8 Å². The number of rotatable bonds is 6. The Hall–Kier alpha value is -0.810. The number of hydrogen-bond acceptors (Lipinski definition) is 3. The maximum atomic E-state index is 12.2. The third kappa shape index (κ3) is 6.78. The van der Waals surface area contributed by atoms with Gasteiger partial charge in [0.2, 0.25) is 5.91 Å². The number of amides is 1. The molecule has 1 aliphatic carbocycles. The molecule has 1 aromatic carbocycles. The van der Waals surface area contributed by atoms with Crippen LogP contribution in [0.3, 0.4) is 0 Å². The van der Waals surface area contributed by atoms with Gasteiger partial charge in [-0.1, -0.05) is 30.3 Å². The van der Waals surface area contributed by atoms with Crippen molar-refractivity contribution in [2.24, 2.45) is 17.6 Å². The molecule has 1 saturated carbocycles. The molecule has 3 unspecified atom stereocenters. The van der Waals surface area contributed by atoms with E-state index in [4.69, 9.17) is 5.73 Å². The number of carbonyl (C=O) groups is 1. The van der Waals surface area contributed by atoms with Crippen molar-refractivity contribution in [1.82, 2.24) is 10.2 Å². The van der Waals surface area contributed by atoms with Crippen LogP contribution in [0.2, 0.25) is 0 Å². The molecule has 1 heterocycles. The number of hydrogen-bond donors (Lipinski definition) is 2. The van der Waals surface area contributed by atoms with Crippen molar-refractivity contribution in [1.29, 1.82) is 0 Å². The molecule has 142 valence electrons. The zero-order chi connectivity index (χ0) is 16.1. The first kappa shape index (κ1) is 22.2. The Bertz CT molecular complexity index is 515. The maximum absolute atomic E-state index is 12.2. The number of likely N-dealkylation sites (tertiary alicyclic amines) is 1. The molecule has 3 N–H and O–H groups in total. The lowest BCUT2D eigenvalue weighted by atomic mass is 10.1. The molecule has 0 radical (unpaired) electrons. The SMILES string of the molecule is Cl.Cl.NC1CCC(C(=O)NCC2CCN(CCc3ccccc3)C2)C1. The topological polar surface area (TPSA) is 58.4 Å². The number of benzene rings is 1. The summed E-state index contributed by atoms with van der Waals surface area (Å²) in [6.45, 7) is 4.21. The second-order valence-corrected chi connectivity index (χ2v) is 7.21. The minimum absolute atomic E-state index is 0. The molecule has 0 spiro atoms. The molecule has 4 nitrogen and oxygen atoms in total. The summed E-state index contributed by atoms with van der Waals surface area (Å²) >= 11 is 0. The molecule has 1 saturated heterocycles. The van der Waals surface area contributed by atoms with Crippen LogP contribution < -0.4 is 11.1 Å². The highest BCUT2D eigenvalue weighted by Gasteiger charge is 2.29. The van der Waals surface area contributed by atoms with Crippen LogP contribution in [0, 0.1) is 11.8 Å². The highest BCUT2D eigenvalue weighted by atomic mass is 35.5. The minimum atomic E-state index is 0. The Kier molecular flexibility index (Phi) is 9.80. The molecule has 1 aromatic rings. The van der Waals surface area contributed by atoms with E-state index in [-0.39, 0.29) is 42.7 Å². The highest BCUT2D eigenvalue weighted by Crippen LogP contribution is 2.24. The van der Waals surface area contributed by atoms with Gasteiger partial charge in [-0.25, -0.2) is 0 Å². The van der Waals surface area contributed by atoms with E-state index in [1.807, 2.05) is 0 Å². The van der Waals surface area contributed by atoms with Gasteiger partial charge < -0.3 is 16.0 Å². The van der Waals surface area contributed by atoms with Gasteiger partial charge >= 0.3 is 0 Å². The van der Waals surface area contributed by atoms with Gasteiger partial charge in [0.05, 0.1) is 0 Å². The summed E-state index contributed by atoms with van der Waals surface area (Å²) < 4.78 is 0. The fraction of sp³-hybridized carbons (Fsp3) is 0.632. The zero-order valence-electron chi connectivity index (χ0n) is 14.7. The second-order valence-electron chi connectivity index (χ2n) is 7.21. The van der Waals surface area contributed by atoms with Crippen LogP contribution in [0.15, 0.2) is 30.3 Å². The van der Waals surface area contributed by atoms with Gasteiger partial charge in [-0.3, -0.25) is 4.79 Å². The van der Waals surface area contributed by atoms with Crippen molar-refractivity contribution in [2.45, 2.75) is 38.1 Å². The highest BCUT2D eigenvalue weighted by molar-refractivity contribution is 5.85. The predicted octanol–water partition coefficient (Wildman–Crippen LogP) is 2.64. The Balaban J connectivity index is 0.00000156. The van der Waals surface area contributed by atoms with E-state index in [9.17, 15) is 4.79 Å². The van der Waals surface area contributed by atoms with Gasteiger partial charge in [0.25, 0.3) is 0 Å². The third-order valence-electron chi connectivity index (χ3n) is 5.34. The Morgan fingerprint density at radius 3 is 2.60 bits per heavy atom. The number of nitrogens with zero attached hydrogens (tertiary/aromatic N) is 1. The van der Waals surface area contributed by atoms with E-state index < -0.39 is 0 Å². The Morgan fingerprint density at radius 2 is 1.92 bits per heavy atom. The summed E-state index contributed by atoms with van der Waals surface area (Å²) in [5.74, 6) is 0.978. The average molecular weight is 388 g/mol. The fourth-order valence-corrected chi connectivity index (χ4v) is 3.86. The average Bonchev–Trinajstić information content (AvgIpc) is 3.21. The van der Waals surface area contributed by atoms with Gasteiger partial charge in [0.15, 0.2) is 0 Å². The fourth-order valence-electron chi connectivity index (χ4n) is 3.86. The summed E-state index contributed by atoms with van der Waals surface area (Å²) in [7, 11) is 0. The predicted molar refractivity (Wildman–Crippen MR) is 108 cm³/mol. The van der Waals surface area contributed by atoms with Crippen LogP contribution in [0.25, 0.3) is 0 Å². The molecular weight excluding hydrogens is 357 g/mol. The lowest BCUT2D eigenvalue weighted by Gasteiger charge is -2.17. The van der Waals surface area contributed by atoms with Crippen LogP contribution in [0.1, 0.15) is 31.2 Å². The van der Waals surface area contributed by atoms with Crippen LogP contribution >= 0.6 is 24.8 Å². The standard InChI is InChI=1S/C19H29N3O.2ClH/c20-18-7-6-17(12-18)19(23)21-13-16-9-11-22(14-16)10-8-15-4-2-1-3-5-15;;/h1-5,16-18H,6-14,20H2,(H,21,23);2*1H. The largest absolute Gasteiger partial charge is 0.356 e. The van der Waals surface area contributed by atoms with Crippen molar-refractivity contribution in [3.63, 3.8) is 0 Å². The molecule has 1 aliphatic heterocycles. The van der Waals surface area contributed by atoms with Crippen molar-refractivity contribution >= 4 is 30.7 Å². The van der Waals surface area contributed by atoms with Gasteiger partial charge in [-0.05, 0) is 50.1 Å². The summed E-state index contributed by atoms with van der Waals surface area (Å²) in [5, 5.41) is 3.16. The van der Waals surface area contributed by atoms with Gasteiger partial charge in [-0.2, -0.15) is 0 Å². The number of carbonyl (C=O) groups excluding carboxylic acids is 1.